The lowest BCUT2D eigenvalue weighted by Crippen LogP contribution is -2.45. The molecule has 0 aliphatic carbocycles. The first-order chi connectivity index (χ1) is 20.6. The first-order valence-corrected chi connectivity index (χ1v) is 15.3. The number of ether oxygens (including phenoxy) is 1. The number of alkyl halides is 1. The fourth-order valence-corrected chi connectivity index (χ4v) is 7.45. The van der Waals surface area contributed by atoms with Crippen LogP contribution in [0.15, 0.2) is 54.7 Å². The van der Waals surface area contributed by atoms with Crippen molar-refractivity contribution in [3.05, 3.63) is 71.5 Å². The van der Waals surface area contributed by atoms with Crippen LogP contribution in [0.2, 0.25) is 0 Å². The maximum Gasteiger partial charge on any atom is 0.264 e. The lowest BCUT2D eigenvalue weighted by Gasteiger charge is -2.32. The quantitative estimate of drug-likeness (QED) is 0.393. The van der Waals surface area contributed by atoms with E-state index in [2.05, 4.69) is 10.3 Å². The van der Waals surface area contributed by atoms with Gasteiger partial charge >= 0.3 is 0 Å². The van der Waals surface area contributed by atoms with Gasteiger partial charge in [-0.3, -0.25) is 14.3 Å². The number of rotatable bonds is 9. The Morgan fingerprint density at radius 3 is 2.72 bits per heavy atom. The molecule has 1 N–H and O–H groups in total. The van der Waals surface area contributed by atoms with E-state index in [0.717, 1.165) is 35.3 Å². The molecule has 1 aromatic heterocycles. The van der Waals surface area contributed by atoms with Gasteiger partial charge in [0, 0.05) is 61.8 Å². The maximum atomic E-state index is 16.0. The SMILES string of the molecule is C[C@H]1[C@H](C(C)(C)F)[C@@H](CCn2cc(CCO)nn2)O[C@]12C(=O)N(Cc1cccc(N3CCCCC3=O)c1)c1ccccc12. The molecule has 3 aliphatic heterocycles. The van der Waals surface area contributed by atoms with E-state index < -0.39 is 29.2 Å². The number of benzene rings is 2. The van der Waals surface area contributed by atoms with E-state index in [-0.39, 0.29) is 18.4 Å². The summed E-state index contributed by atoms with van der Waals surface area (Å²) in [6.07, 6.45) is 4.55. The van der Waals surface area contributed by atoms with E-state index in [4.69, 9.17) is 4.74 Å². The van der Waals surface area contributed by atoms with Gasteiger partial charge in [-0.15, -0.1) is 5.10 Å². The number of carbonyl (C=O) groups is 2. The molecule has 3 aliphatic rings. The summed E-state index contributed by atoms with van der Waals surface area (Å²) in [5.74, 6) is -1.05. The van der Waals surface area contributed by atoms with Crippen LogP contribution in [-0.4, -0.2) is 56.8 Å². The molecule has 2 fully saturated rings. The summed E-state index contributed by atoms with van der Waals surface area (Å²) in [4.78, 5) is 30.7. The number of anilines is 2. The molecule has 10 heteroatoms. The molecule has 6 rings (SSSR count). The molecule has 43 heavy (non-hydrogen) atoms. The molecular formula is C33H40FN5O4. The third-order valence-electron chi connectivity index (χ3n) is 9.35. The smallest absolute Gasteiger partial charge is 0.264 e. The topological polar surface area (TPSA) is 101 Å². The second-order valence-electron chi connectivity index (χ2n) is 12.6. The lowest BCUT2D eigenvalue weighted by molar-refractivity contribution is -0.146. The molecule has 2 amide bonds. The molecule has 9 nitrogen and oxygen atoms in total. The molecule has 4 atom stereocenters. The zero-order valence-corrected chi connectivity index (χ0v) is 25.1. The number of piperidine rings is 1. The van der Waals surface area contributed by atoms with Crippen molar-refractivity contribution in [2.75, 3.05) is 23.0 Å². The summed E-state index contributed by atoms with van der Waals surface area (Å²) in [5.41, 5.74) is 1.04. The number of hydrogen-bond acceptors (Lipinski definition) is 6. The first-order valence-electron chi connectivity index (χ1n) is 15.3. The van der Waals surface area contributed by atoms with Gasteiger partial charge in [0.05, 0.1) is 24.0 Å². The van der Waals surface area contributed by atoms with Crippen molar-refractivity contribution in [3.8, 4) is 0 Å². The fourth-order valence-electron chi connectivity index (χ4n) is 7.45. The number of carbonyl (C=O) groups excluding carboxylic acids is 2. The summed E-state index contributed by atoms with van der Waals surface area (Å²) >= 11 is 0. The molecule has 0 saturated carbocycles. The number of hydrogen-bond donors (Lipinski definition) is 1. The number of para-hydroxylation sites is 1. The maximum absolute atomic E-state index is 16.0. The minimum absolute atomic E-state index is 0.0126. The van der Waals surface area contributed by atoms with Crippen molar-refractivity contribution in [3.63, 3.8) is 0 Å². The van der Waals surface area contributed by atoms with Crippen molar-refractivity contribution in [2.45, 2.75) is 83.3 Å². The van der Waals surface area contributed by atoms with Crippen LogP contribution in [0.4, 0.5) is 15.8 Å². The summed E-state index contributed by atoms with van der Waals surface area (Å²) in [5, 5.41) is 17.5. The van der Waals surface area contributed by atoms with Crippen molar-refractivity contribution < 1.29 is 23.8 Å². The van der Waals surface area contributed by atoms with Crippen molar-refractivity contribution >= 4 is 23.2 Å². The second-order valence-corrected chi connectivity index (χ2v) is 12.6. The van der Waals surface area contributed by atoms with E-state index >= 15 is 4.39 Å². The molecule has 0 radical (unpaired) electrons. The van der Waals surface area contributed by atoms with Crippen LogP contribution < -0.4 is 9.80 Å². The van der Waals surface area contributed by atoms with Gasteiger partial charge in [-0.2, -0.15) is 0 Å². The molecular weight excluding hydrogens is 549 g/mol. The van der Waals surface area contributed by atoms with Gasteiger partial charge < -0.3 is 19.6 Å². The van der Waals surface area contributed by atoms with Gasteiger partial charge in [0.25, 0.3) is 5.91 Å². The molecule has 1 spiro atoms. The molecule has 2 aromatic carbocycles. The standard InChI is InChI=1S/C33H40FN5O4/c1-22-30(32(2,3)34)28(14-17-37-21-24(15-18-40)35-36-37)43-33(22)26-11-4-5-12-27(26)39(31(33)42)20-23-9-8-10-25(19-23)38-16-7-6-13-29(38)41/h4-5,8-12,19,21-22,28,30,40H,6-7,13-18,20H2,1-3H3/t22-,28+,30-,33+/m0/s1. The Balaban J connectivity index is 1.30. The number of fused-ring (bicyclic) bond motifs is 2. The Labute approximate surface area is 251 Å². The van der Waals surface area contributed by atoms with Crippen LogP contribution in [-0.2, 0) is 39.4 Å². The van der Waals surface area contributed by atoms with Gasteiger partial charge in [-0.1, -0.05) is 42.5 Å². The average Bonchev–Trinajstić information content (AvgIpc) is 3.63. The molecule has 0 bridgehead atoms. The monoisotopic (exact) mass is 589 g/mol. The number of aliphatic hydroxyl groups excluding tert-OH is 1. The van der Waals surface area contributed by atoms with Gasteiger partial charge in [-0.25, -0.2) is 4.39 Å². The van der Waals surface area contributed by atoms with Crippen LogP contribution in [0.3, 0.4) is 0 Å². The summed E-state index contributed by atoms with van der Waals surface area (Å²) in [6.45, 7) is 6.50. The first kappa shape index (κ1) is 29.4. The Morgan fingerprint density at radius 2 is 1.95 bits per heavy atom. The Hall–Kier alpha value is -3.63. The minimum Gasteiger partial charge on any atom is -0.396 e. The highest BCUT2D eigenvalue weighted by molar-refractivity contribution is 6.07. The number of aliphatic hydroxyl groups is 1. The molecule has 2 saturated heterocycles. The molecule has 0 unspecified atom stereocenters. The van der Waals surface area contributed by atoms with Crippen molar-refractivity contribution in [1.29, 1.82) is 0 Å². The molecule has 228 valence electrons. The van der Waals surface area contributed by atoms with Crippen LogP contribution in [0.5, 0.6) is 0 Å². The van der Waals surface area contributed by atoms with E-state index in [1.807, 2.05) is 60.4 Å². The molecule has 4 heterocycles. The Morgan fingerprint density at radius 1 is 1.14 bits per heavy atom. The number of nitrogens with zero attached hydrogens (tertiary/aromatic N) is 5. The van der Waals surface area contributed by atoms with Crippen molar-refractivity contribution in [2.24, 2.45) is 11.8 Å². The highest BCUT2D eigenvalue weighted by atomic mass is 19.1. The van der Waals surface area contributed by atoms with Crippen molar-refractivity contribution in [1.82, 2.24) is 15.0 Å². The summed E-state index contributed by atoms with van der Waals surface area (Å²) in [6, 6.07) is 15.5. The minimum atomic E-state index is -1.60. The van der Waals surface area contributed by atoms with Gasteiger partial charge in [0.2, 0.25) is 5.91 Å². The molecule has 3 aromatic rings. The predicted octanol–water partition coefficient (Wildman–Crippen LogP) is 4.56. The van der Waals surface area contributed by atoms with Gasteiger partial charge in [0.15, 0.2) is 5.60 Å². The van der Waals surface area contributed by atoms with E-state index in [0.29, 0.717) is 44.6 Å². The van der Waals surface area contributed by atoms with E-state index in [1.54, 1.807) is 29.6 Å². The van der Waals surface area contributed by atoms with Crippen LogP contribution in [0.25, 0.3) is 0 Å². The van der Waals surface area contributed by atoms with Crippen LogP contribution >= 0.6 is 0 Å². The summed E-state index contributed by atoms with van der Waals surface area (Å²) < 4.78 is 24.4. The van der Waals surface area contributed by atoms with Gasteiger partial charge in [0.1, 0.15) is 5.67 Å². The highest BCUT2D eigenvalue weighted by Gasteiger charge is 2.66. The number of halogens is 1. The Bertz CT molecular complexity index is 1500. The normalized spacial score (nSPS) is 25.7. The van der Waals surface area contributed by atoms with E-state index in [1.165, 1.54) is 0 Å². The number of aryl methyl sites for hydroxylation is 1. The van der Waals surface area contributed by atoms with Gasteiger partial charge in [-0.05, 0) is 56.9 Å². The lowest BCUT2D eigenvalue weighted by atomic mass is 9.71. The third-order valence-corrected chi connectivity index (χ3v) is 9.35. The predicted molar refractivity (Wildman–Crippen MR) is 160 cm³/mol. The second kappa shape index (κ2) is 11.5. The third kappa shape index (κ3) is 5.25. The van der Waals surface area contributed by atoms with Crippen LogP contribution in [0.1, 0.15) is 63.3 Å². The fraction of sp³-hybridized carbons (Fsp3) is 0.515. The van der Waals surface area contributed by atoms with E-state index in [9.17, 15) is 14.7 Å². The number of amides is 2. The number of aromatic nitrogens is 3. The Kier molecular flexibility index (Phi) is 7.85. The summed E-state index contributed by atoms with van der Waals surface area (Å²) in [7, 11) is 0. The van der Waals surface area contributed by atoms with Crippen LogP contribution in [0, 0.1) is 11.8 Å². The zero-order chi connectivity index (χ0) is 30.4. The average molecular weight is 590 g/mol. The highest BCUT2D eigenvalue weighted by Crippen LogP contribution is 2.58. The largest absolute Gasteiger partial charge is 0.396 e. The zero-order valence-electron chi connectivity index (χ0n) is 25.1.